The van der Waals surface area contributed by atoms with Gasteiger partial charge in [0.1, 0.15) is 6.54 Å². The molecule has 0 radical (unpaired) electrons. The van der Waals surface area contributed by atoms with E-state index < -0.39 is 5.97 Å². The topological polar surface area (TPSA) is 76.1 Å². The van der Waals surface area contributed by atoms with Crippen molar-refractivity contribution in [2.24, 2.45) is 0 Å². The summed E-state index contributed by atoms with van der Waals surface area (Å²) in [6.45, 7) is 1.96. The Hall–Kier alpha value is -2.24. The molecule has 0 aliphatic rings. The van der Waals surface area contributed by atoms with E-state index in [0.717, 1.165) is 0 Å². The van der Waals surface area contributed by atoms with E-state index in [2.05, 4.69) is 0 Å². The van der Waals surface area contributed by atoms with Crippen LogP contribution in [0.1, 0.15) is 23.7 Å². The predicted octanol–water partition coefficient (Wildman–Crippen LogP) is 1.64. The van der Waals surface area contributed by atoms with E-state index >= 15 is 0 Å². The normalized spacial score (nSPS) is 9.95. The molecule has 0 saturated heterocycles. The fourth-order valence-corrected chi connectivity index (χ4v) is 1.84. The number of hydrogen-bond donors (Lipinski definition) is 1. The Balaban J connectivity index is 3.01. The quantitative estimate of drug-likeness (QED) is 0.822. The van der Waals surface area contributed by atoms with Crippen LogP contribution in [-0.2, 0) is 4.79 Å². The van der Waals surface area contributed by atoms with Gasteiger partial charge < -0.3 is 19.5 Å². The van der Waals surface area contributed by atoms with Gasteiger partial charge >= 0.3 is 5.97 Å². The van der Waals surface area contributed by atoms with Gasteiger partial charge in [-0.1, -0.05) is 6.92 Å². The van der Waals surface area contributed by atoms with Crippen molar-refractivity contribution >= 4 is 11.9 Å². The first-order chi connectivity index (χ1) is 9.53. The monoisotopic (exact) mass is 281 g/mol. The number of ether oxygens (including phenoxy) is 2. The molecule has 20 heavy (non-hydrogen) atoms. The summed E-state index contributed by atoms with van der Waals surface area (Å²) in [5.74, 6) is -0.420. The van der Waals surface area contributed by atoms with Crippen LogP contribution in [0.2, 0.25) is 0 Å². The lowest BCUT2D eigenvalue weighted by Crippen LogP contribution is -2.36. The minimum absolute atomic E-state index is 0.318. The van der Waals surface area contributed by atoms with E-state index in [4.69, 9.17) is 14.6 Å². The van der Waals surface area contributed by atoms with Crippen molar-refractivity contribution in [3.63, 3.8) is 0 Å². The molecule has 0 fully saturated rings. The molecule has 6 heteroatoms. The number of amides is 1. The molecule has 0 spiro atoms. The van der Waals surface area contributed by atoms with Gasteiger partial charge in [0.05, 0.1) is 14.2 Å². The van der Waals surface area contributed by atoms with E-state index in [9.17, 15) is 9.59 Å². The molecular weight excluding hydrogens is 262 g/mol. The number of aliphatic carboxylic acids is 1. The second-order valence-electron chi connectivity index (χ2n) is 4.19. The molecule has 0 aliphatic heterocycles. The average molecular weight is 281 g/mol. The summed E-state index contributed by atoms with van der Waals surface area (Å²) < 4.78 is 10.2. The van der Waals surface area contributed by atoms with Gasteiger partial charge in [-0.15, -0.1) is 0 Å². The average Bonchev–Trinajstić information content (AvgIpc) is 2.44. The van der Waals surface area contributed by atoms with Crippen molar-refractivity contribution in [1.29, 1.82) is 0 Å². The SMILES string of the molecule is CCCN(CC(=O)O)C(=O)c1ccc(OC)c(OC)c1. The number of hydrogen-bond acceptors (Lipinski definition) is 4. The molecule has 0 atom stereocenters. The van der Waals surface area contributed by atoms with Crippen LogP contribution in [0.4, 0.5) is 0 Å². The zero-order chi connectivity index (χ0) is 15.1. The first-order valence-electron chi connectivity index (χ1n) is 6.26. The van der Waals surface area contributed by atoms with E-state index in [1.54, 1.807) is 18.2 Å². The van der Waals surface area contributed by atoms with Gasteiger partial charge in [0.15, 0.2) is 11.5 Å². The first kappa shape index (κ1) is 15.8. The predicted molar refractivity (Wildman–Crippen MR) is 73.4 cm³/mol. The maximum Gasteiger partial charge on any atom is 0.323 e. The standard InChI is InChI=1S/C14H19NO5/c1-4-7-15(9-13(16)17)14(18)10-5-6-11(19-2)12(8-10)20-3/h5-6,8H,4,7,9H2,1-3H3,(H,16,17). The van der Waals surface area contributed by atoms with Crippen LogP contribution < -0.4 is 9.47 Å². The molecule has 6 nitrogen and oxygen atoms in total. The van der Waals surface area contributed by atoms with Gasteiger partial charge in [-0.2, -0.15) is 0 Å². The number of carboxylic acids is 1. The van der Waals surface area contributed by atoms with Crippen molar-refractivity contribution < 1.29 is 24.2 Å². The summed E-state index contributed by atoms with van der Waals surface area (Å²) in [7, 11) is 2.99. The zero-order valence-electron chi connectivity index (χ0n) is 11.9. The lowest BCUT2D eigenvalue weighted by Gasteiger charge is -2.20. The second kappa shape index (κ2) is 7.37. The highest BCUT2D eigenvalue weighted by molar-refractivity contribution is 5.96. The maximum atomic E-state index is 12.3. The van der Waals surface area contributed by atoms with Gasteiger partial charge in [0, 0.05) is 12.1 Å². The van der Waals surface area contributed by atoms with Crippen LogP contribution in [-0.4, -0.2) is 49.2 Å². The number of carbonyl (C=O) groups excluding carboxylic acids is 1. The molecule has 0 bridgehead atoms. The second-order valence-corrected chi connectivity index (χ2v) is 4.19. The van der Waals surface area contributed by atoms with Gasteiger partial charge in [-0.25, -0.2) is 0 Å². The molecule has 0 aromatic heterocycles. The molecule has 110 valence electrons. The molecule has 1 amide bonds. The Morgan fingerprint density at radius 1 is 1.20 bits per heavy atom. The third kappa shape index (κ3) is 3.88. The maximum absolute atomic E-state index is 12.3. The largest absolute Gasteiger partial charge is 0.493 e. The van der Waals surface area contributed by atoms with Crippen molar-refractivity contribution in [2.75, 3.05) is 27.3 Å². The van der Waals surface area contributed by atoms with Gasteiger partial charge in [-0.3, -0.25) is 9.59 Å². The van der Waals surface area contributed by atoms with E-state index in [-0.39, 0.29) is 12.5 Å². The molecule has 0 saturated carbocycles. The van der Waals surface area contributed by atoms with Crippen LogP contribution in [0.25, 0.3) is 0 Å². The molecule has 0 aliphatic carbocycles. The summed E-state index contributed by atoms with van der Waals surface area (Å²) in [4.78, 5) is 24.4. The number of carbonyl (C=O) groups is 2. The summed E-state index contributed by atoms with van der Waals surface area (Å²) >= 11 is 0. The minimum Gasteiger partial charge on any atom is -0.493 e. The third-order valence-corrected chi connectivity index (χ3v) is 2.74. The van der Waals surface area contributed by atoms with Crippen molar-refractivity contribution in [1.82, 2.24) is 4.90 Å². The number of carboxylic acid groups (broad SMARTS) is 1. The Kier molecular flexibility index (Phi) is 5.83. The van der Waals surface area contributed by atoms with Crippen LogP contribution in [0, 0.1) is 0 Å². The molecule has 1 aromatic carbocycles. The number of benzene rings is 1. The highest BCUT2D eigenvalue weighted by Gasteiger charge is 2.19. The Bertz CT molecular complexity index is 486. The highest BCUT2D eigenvalue weighted by Crippen LogP contribution is 2.28. The van der Waals surface area contributed by atoms with E-state index in [1.165, 1.54) is 19.1 Å². The zero-order valence-corrected chi connectivity index (χ0v) is 11.9. The lowest BCUT2D eigenvalue weighted by atomic mass is 10.1. The van der Waals surface area contributed by atoms with Crippen molar-refractivity contribution in [3.8, 4) is 11.5 Å². The Labute approximate surface area is 117 Å². The van der Waals surface area contributed by atoms with Crippen LogP contribution >= 0.6 is 0 Å². The fourth-order valence-electron chi connectivity index (χ4n) is 1.84. The van der Waals surface area contributed by atoms with Crippen molar-refractivity contribution in [3.05, 3.63) is 23.8 Å². The van der Waals surface area contributed by atoms with E-state index in [0.29, 0.717) is 30.0 Å². The van der Waals surface area contributed by atoms with Gasteiger partial charge in [0.2, 0.25) is 0 Å². The molecular formula is C14H19NO5. The summed E-state index contributed by atoms with van der Waals surface area (Å²) in [6, 6.07) is 4.76. The summed E-state index contributed by atoms with van der Waals surface area (Å²) in [5, 5.41) is 8.85. The molecule has 1 N–H and O–H groups in total. The smallest absolute Gasteiger partial charge is 0.323 e. The van der Waals surface area contributed by atoms with Gasteiger partial charge in [0.25, 0.3) is 5.91 Å². The van der Waals surface area contributed by atoms with Crippen LogP contribution in [0.5, 0.6) is 11.5 Å². The first-order valence-corrected chi connectivity index (χ1v) is 6.26. The van der Waals surface area contributed by atoms with Crippen molar-refractivity contribution in [2.45, 2.75) is 13.3 Å². The summed E-state index contributed by atoms with van der Waals surface area (Å²) in [6.07, 6.45) is 0.687. The molecule has 0 heterocycles. The van der Waals surface area contributed by atoms with Crippen LogP contribution in [0.15, 0.2) is 18.2 Å². The van der Waals surface area contributed by atoms with Crippen LogP contribution in [0.3, 0.4) is 0 Å². The Morgan fingerprint density at radius 3 is 2.35 bits per heavy atom. The minimum atomic E-state index is -1.03. The van der Waals surface area contributed by atoms with E-state index in [1.807, 2.05) is 6.92 Å². The Morgan fingerprint density at radius 2 is 1.85 bits per heavy atom. The molecule has 1 aromatic rings. The lowest BCUT2D eigenvalue weighted by molar-refractivity contribution is -0.137. The molecule has 0 unspecified atom stereocenters. The number of nitrogens with zero attached hydrogens (tertiary/aromatic N) is 1. The number of methoxy groups -OCH3 is 2. The van der Waals surface area contributed by atoms with Gasteiger partial charge in [-0.05, 0) is 24.6 Å². The third-order valence-electron chi connectivity index (χ3n) is 2.74. The molecule has 1 rings (SSSR count). The number of rotatable bonds is 7. The highest BCUT2D eigenvalue weighted by atomic mass is 16.5. The summed E-state index contributed by atoms with van der Waals surface area (Å²) in [5.41, 5.74) is 0.373. The fraction of sp³-hybridized carbons (Fsp3) is 0.429.